The van der Waals surface area contributed by atoms with Crippen LogP contribution in [0.3, 0.4) is 0 Å². The van der Waals surface area contributed by atoms with Crippen LogP contribution in [-0.4, -0.2) is 23.3 Å². The first kappa shape index (κ1) is 9.48. The molecule has 0 fully saturated rings. The van der Waals surface area contributed by atoms with Gasteiger partial charge in [-0.25, -0.2) is 0 Å². The van der Waals surface area contributed by atoms with Gasteiger partial charge >= 0.3 is 0 Å². The predicted molar refractivity (Wildman–Crippen MR) is 49.8 cm³/mol. The first-order valence-corrected chi connectivity index (χ1v) is 4.98. The first-order valence-electron chi connectivity index (χ1n) is 3.57. The zero-order valence-corrected chi connectivity index (χ0v) is 7.99. The molecular formula is C7H9ClN2OS. The quantitative estimate of drug-likeness (QED) is 0.597. The highest BCUT2D eigenvalue weighted by molar-refractivity contribution is 7.11. The van der Waals surface area contributed by atoms with Gasteiger partial charge in [0.15, 0.2) is 0 Å². The Hall–Kier alpha value is -0.610. The molecule has 0 aromatic carbocycles. The molecule has 1 heterocycles. The molecule has 0 radical (unpaired) electrons. The average Bonchev–Trinajstić information content (AvgIpc) is 2.56. The first-order chi connectivity index (χ1) is 5.84. The summed E-state index contributed by atoms with van der Waals surface area (Å²) >= 11 is 6.78. The molecule has 1 N–H and O–H groups in total. The number of halogens is 1. The number of hydrogen-bond acceptors (Lipinski definition) is 3. The maximum atomic E-state index is 11.2. The Morgan fingerprint density at radius 2 is 2.58 bits per heavy atom. The van der Waals surface area contributed by atoms with Gasteiger partial charge in [-0.2, -0.15) is 0 Å². The van der Waals surface area contributed by atoms with Gasteiger partial charge in [0.05, 0.1) is 11.7 Å². The smallest absolute Gasteiger partial charge is 0.262 e. The minimum absolute atomic E-state index is 0.0670. The lowest BCUT2D eigenvalue weighted by atomic mass is 10.4. The SMILES string of the molecule is O=C(NCCCCl)c1cncs1. The minimum atomic E-state index is -0.0670. The van der Waals surface area contributed by atoms with Crippen LogP contribution in [0.25, 0.3) is 0 Å². The lowest BCUT2D eigenvalue weighted by molar-refractivity contribution is 0.0957. The van der Waals surface area contributed by atoms with Crippen LogP contribution in [0.4, 0.5) is 0 Å². The normalized spacial score (nSPS) is 9.75. The largest absolute Gasteiger partial charge is 0.351 e. The molecule has 0 unspecified atom stereocenters. The molecule has 1 rings (SSSR count). The van der Waals surface area contributed by atoms with Crippen molar-refractivity contribution in [1.82, 2.24) is 10.3 Å². The second kappa shape index (κ2) is 5.11. The average molecular weight is 205 g/mol. The van der Waals surface area contributed by atoms with E-state index in [1.807, 2.05) is 0 Å². The maximum Gasteiger partial charge on any atom is 0.262 e. The highest BCUT2D eigenvalue weighted by atomic mass is 35.5. The van der Waals surface area contributed by atoms with Crippen LogP contribution < -0.4 is 5.32 Å². The molecule has 0 aliphatic carbocycles. The third-order valence-electron chi connectivity index (χ3n) is 1.25. The fourth-order valence-corrected chi connectivity index (χ4v) is 1.35. The Morgan fingerprint density at radius 1 is 1.75 bits per heavy atom. The summed E-state index contributed by atoms with van der Waals surface area (Å²) in [5.74, 6) is 0.505. The number of nitrogens with one attached hydrogen (secondary N) is 1. The third-order valence-corrected chi connectivity index (χ3v) is 2.29. The number of carbonyl (C=O) groups is 1. The third kappa shape index (κ3) is 2.79. The van der Waals surface area contributed by atoms with Gasteiger partial charge in [-0.3, -0.25) is 9.78 Å². The van der Waals surface area contributed by atoms with Crippen molar-refractivity contribution in [2.75, 3.05) is 12.4 Å². The van der Waals surface area contributed by atoms with E-state index in [2.05, 4.69) is 10.3 Å². The number of amides is 1. The van der Waals surface area contributed by atoms with Crippen molar-refractivity contribution in [2.24, 2.45) is 0 Å². The van der Waals surface area contributed by atoms with Gasteiger partial charge < -0.3 is 5.32 Å². The lowest BCUT2D eigenvalue weighted by Crippen LogP contribution is -2.23. The summed E-state index contributed by atoms with van der Waals surface area (Å²) in [6.07, 6.45) is 2.35. The number of aromatic nitrogens is 1. The molecule has 0 aliphatic rings. The second-order valence-corrected chi connectivity index (χ2v) is 3.43. The van der Waals surface area contributed by atoms with Crippen LogP contribution >= 0.6 is 22.9 Å². The van der Waals surface area contributed by atoms with E-state index in [1.54, 1.807) is 11.7 Å². The Kier molecular flexibility index (Phi) is 4.04. The monoisotopic (exact) mass is 204 g/mol. The molecule has 0 saturated heterocycles. The van der Waals surface area contributed by atoms with E-state index in [0.717, 1.165) is 6.42 Å². The highest BCUT2D eigenvalue weighted by Gasteiger charge is 2.04. The van der Waals surface area contributed by atoms with Gasteiger partial charge in [0.2, 0.25) is 0 Å². The molecule has 1 amide bonds. The van der Waals surface area contributed by atoms with Gasteiger partial charge in [-0.1, -0.05) is 0 Å². The van der Waals surface area contributed by atoms with E-state index in [-0.39, 0.29) is 5.91 Å². The van der Waals surface area contributed by atoms with Crippen LogP contribution in [0, 0.1) is 0 Å². The Labute approximate surface area is 79.8 Å². The van der Waals surface area contributed by atoms with Gasteiger partial charge in [0.25, 0.3) is 5.91 Å². The number of nitrogens with zero attached hydrogens (tertiary/aromatic N) is 1. The predicted octanol–water partition coefficient (Wildman–Crippen LogP) is 1.50. The summed E-state index contributed by atoms with van der Waals surface area (Å²) in [5, 5.41) is 2.73. The number of carbonyl (C=O) groups excluding carboxylic acids is 1. The van der Waals surface area contributed by atoms with Crippen LogP contribution in [0.2, 0.25) is 0 Å². The lowest BCUT2D eigenvalue weighted by Gasteiger charge is -1.99. The molecule has 0 atom stereocenters. The molecule has 12 heavy (non-hydrogen) atoms. The van der Waals surface area contributed by atoms with Gasteiger partial charge in [-0.05, 0) is 6.42 Å². The van der Waals surface area contributed by atoms with Crippen LogP contribution in [0.1, 0.15) is 16.1 Å². The van der Waals surface area contributed by atoms with Crippen LogP contribution in [0.15, 0.2) is 11.7 Å². The van der Waals surface area contributed by atoms with Crippen molar-refractivity contribution in [1.29, 1.82) is 0 Å². The van der Waals surface area contributed by atoms with Crippen molar-refractivity contribution in [3.8, 4) is 0 Å². The molecule has 0 aliphatic heterocycles. The molecule has 5 heteroatoms. The molecule has 1 aromatic rings. The fraction of sp³-hybridized carbons (Fsp3) is 0.429. The summed E-state index contributed by atoms with van der Waals surface area (Å²) in [4.78, 5) is 15.6. The van der Waals surface area contributed by atoms with Gasteiger partial charge in [-0.15, -0.1) is 22.9 Å². The number of alkyl halides is 1. The topological polar surface area (TPSA) is 42.0 Å². The Balaban J connectivity index is 2.30. The van der Waals surface area contributed by atoms with E-state index in [9.17, 15) is 4.79 Å². The molecule has 0 saturated carbocycles. The summed E-state index contributed by atoms with van der Waals surface area (Å²) in [6.45, 7) is 0.625. The van der Waals surface area contributed by atoms with Crippen molar-refractivity contribution in [2.45, 2.75) is 6.42 Å². The number of thiazole rings is 1. The van der Waals surface area contributed by atoms with Crippen molar-refractivity contribution >= 4 is 28.8 Å². The molecule has 1 aromatic heterocycles. The van der Waals surface area contributed by atoms with E-state index in [0.29, 0.717) is 17.3 Å². The minimum Gasteiger partial charge on any atom is -0.351 e. The van der Waals surface area contributed by atoms with Crippen molar-refractivity contribution in [3.05, 3.63) is 16.6 Å². The summed E-state index contributed by atoms with van der Waals surface area (Å²) in [6, 6.07) is 0. The molecule has 3 nitrogen and oxygen atoms in total. The molecule has 66 valence electrons. The van der Waals surface area contributed by atoms with Crippen molar-refractivity contribution < 1.29 is 4.79 Å². The summed E-state index contributed by atoms with van der Waals surface area (Å²) in [7, 11) is 0. The van der Waals surface area contributed by atoms with E-state index in [1.165, 1.54) is 11.3 Å². The standard InChI is InChI=1S/C7H9ClN2OS/c8-2-1-3-10-7(11)6-4-9-5-12-6/h4-5H,1-3H2,(H,10,11). The van der Waals surface area contributed by atoms with Crippen LogP contribution in [0.5, 0.6) is 0 Å². The van der Waals surface area contributed by atoms with E-state index >= 15 is 0 Å². The number of hydrogen-bond donors (Lipinski definition) is 1. The zero-order valence-electron chi connectivity index (χ0n) is 6.42. The van der Waals surface area contributed by atoms with Gasteiger partial charge in [0, 0.05) is 12.4 Å². The Bertz CT molecular complexity index is 238. The fourth-order valence-electron chi connectivity index (χ4n) is 0.684. The van der Waals surface area contributed by atoms with Crippen molar-refractivity contribution in [3.63, 3.8) is 0 Å². The molecule has 0 spiro atoms. The Morgan fingerprint density at radius 3 is 3.17 bits per heavy atom. The molecular weight excluding hydrogens is 196 g/mol. The van der Waals surface area contributed by atoms with Crippen LogP contribution in [-0.2, 0) is 0 Å². The zero-order chi connectivity index (χ0) is 8.81. The second-order valence-electron chi connectivity index (χ2n) is 2.16. The van der Waals surface area contributed by atoms with E-state index in [4.69, 9.17) is 11.6 Å². The summed E-state index contributed by atoms with van der Waals surface area (Å²) in [5.41, 5.74) is 1.64. The number of rotatable bonds is 4. The maximum absolute atomic E-state index is 11.2. The summed E-state index contributed by atoms with van der Waals surface area (Å²) < 4.78 is 0. The van der Waals surface area contributed by atoms with Gasteiger partial charge in [0.1, 0.15) is 4.88 Å². The molecule has 0 bridgehead atoms. The highest BCUT2D eigenvalue weighted by Crippen LogP contribution is 2.04. The van der Waals surface area contributed by atoms with E-state index < -0.39 is 0 Å².